The molecule has 1 aromatic rings. The van der Waals surface area contributed by atoms with Gasteiger partial charge in [0.15, 0.2) is 0 Å². The van der Waals surface area contributed by atoms with Crippen LogP contribution in [0.3, 0.4) is 0 Å². The van der Waals surface area contributed by atoms with E-state index >= 15 is 0 Å². The van der Waals surface area contributed by atoms with Gasteiger partial charge in [-0.15, -0.1) is 0 Å². The van der Waals surface area contributed by atoms with Crippen molar-refractivity contribution in [2.24, 2.45) is 10.8 Å². The third kappa shape index (κ3) is 3.75. The lowest BCUT2D eigenvalue weighted by molar-refractivity contribution is -0.124. The first-order chi connectivity index (χ1) is 8.91. The van der Waals surface area contributed by atoms with Gasteiger partial charge in [0.1, 0.15) is 5.54 Å². The first-order valence-corrected chi connectivity index (χ1v) is 6.18. The number of carbonyl (C=O) groups excluding carboxylic acids is 1. The Bertz CT molecular complexity index is 530. The lowest BCUT2D eigenvalue weighted by atomic mass is 9.91. The Morgan fingerprint density at radius 3 is 2.79 bits per heavy atom. The first kappa shape index (κ1) is 15.6. The number of primary amides is 1. The Kier molecular flexibility index (Phi) is 5.44. The summed E-state index contributed by atoms with van der Waals surface area (Å²) < 4.78 is 0. The van der Waals surface area contributed by atoms with Crippen LogP contribution in [0.1, 0.15) is 12.5 Å². The average Bonchev–Trinajstić information content (AvgIpc) is 2.34. The molecule has 6 nitrogen and oxygen atoms in total. The van der Waals surface area contributed by atoms with Gasteiger partial charge in [0, 0.05) is 28.0 Å². The predicted molar refractivity (Wildman–Crippen MR) is 75.0 cm³/mol. The number of nitrogens with zero attached hydrogens (tertiary/aromatic N) is 3. The molecular weight excluding hydrogens is 289 g/mol. The minimum Gasteiger partial charge on any atom is -0.368 e. The summed E-state index contributed by atoms with van der Waals surface area (Å²) in [7, 11) is 0. The summed E-state index contributed by atoms with van der Waals surface area (Å²) in [5, 5.41) is 7.12. The van der Waals surface area contributed by atoms with Crippen LogP contribution in [0.5, 0.6) is 0 Å². The summed E-state index contributed by atoms with van der Waals surface area (Å²) in [4.78, 5) is 14.3. The molecule has 1 amide bonds. The molecule has 1 unspecified atom stereocenters. The molecule has 0 aliphatic carbocycles. The minimum atomic E-state index is -1.16. The van der Waals surface area contributed by atoms with Crippen LogP contribution >= 0.6 is 23.2 Å². The molecule has 8 heteroatoms. The second kappa shape index (κ2) is 6.63. The Morgan fingerprint density at radius 2 is 2.26 bits per heavy atom. The Morgan fingerprint density at radius 1 is 1.58 bits per heavy atom. The summed E-state index contributed by atoms with van der Waals surface area (Å²) >= 11 is 11.9. The molecule has 0 bridgehead atoms. The number of hydrogen-bond donors (Lipinski definition) is 2. The summed E-state index contributed by atoms with van der Waals surface area (Å²) in [5.74, 6) is -0.586. The molecule has 3 N–H and O–H groups in total. The Balaban J connectivity index is 3.04. The zero-order valence-electron chi connectivity index (χ0n) is 10.2. The number of carbonyl (C=O) groups is 1. The maximum atomic E-state index is 11.7. The molecule has 0 aliphatic rings. The maximum absolute atomic E-state index is 11.7. The van der Waals surface area contributed by atoms with Crippen molar-refractivity contribution in [3.8, 4) is 0 Å². The van der Waals surface area contributed by atoms with Gasteiger partial charge in [-0.05, 0) is 30.2 Å². The number of nitrogens with two attached hydrogens (primary N) is 1. The largest absolute Gasteiger partial charge is 0.368 e. The average molecular weight is 302 g/mol. The van der Waals surface area contributed by atoms with E-state index in [1.54, 1.807) is 19.1 Å². The van der Waals surface area contributed by atoms with Gasteiger partial charge in [0.25, 0.3) is 0 Å². The van der Waals surface area contributed by atoms with E-state index in [1.807, 2.05) is 0 Å². The molecule has 1 aromatic carbocycles. The highest BCUT2D eigenvalue weighted by Crippen LogP contribution is 2.30. The quantitative estimate of drug-likeness (QED) is 0.365. The molecule has 0 aliphatic heterocycles. The fourth-order valence-corrected chi connectivity index (χ4v) is 2.21. The van der Waals surface area contributed by atoms with Crippen LogP contribution in [0.4, 0.5) is 0 Å². The first-order valence-electron chi connectivity index (χ1n) is 5.43. The second-order valence-electron chi connectivity index (χ2n) is 3.99. The zero-order chi connectivity index (χ0) is 14.5. The van der Waals surface area contributed by atoms with E-state index in [0.717, 1.165) is 0 Å². The van der Waals surface area contributed by atoms with Gasteiger partial charge in [0.2, 0.25) is 5.91 Å². The van der Waals surface area contributed by atoms with Crippen molar-refractivity contribution < 1.29 is 4.79 Å². The van der Waals surface area contributed by atoms with Crippen molar-refractivity contribution in [3.63, 3.8) is 0 Å². The molecule has 0 heterocycles. The maximum Gasteiger partial charge on any atom is 0.242 e. The van der Waals surface area contributed by atoms with Crippen LogP contribution in [-0.2, 0) is 10.3 Å². The number of nitrogens with one attached hydrogen (secondary N) is 1. The molecule has 0 spiro atoms. The summed E-state index contributed by atoms with van der Waals surface area (Å²) in [6, 6.07) is 4.80. The number of halogens is 2. The molecule has 0 saturated carbocycles. The zero-order valence-corrected chi connectivity index (χ0v) is 11.7. The SMILES string of the molecule is CC(NCCN=[N+]=[N-])(C(N)=O)c1ccc(Cl)cc1Cl. The molecule has 102 valence electrons. The number of rotatable bonds is 6. The highest BCUT2D eigenvalue weighted by molar-refractivity contribution is 6.35. The number of azide groups is 1. The molecular formula is C11H13Cl2N5O. The van der Waals surface area contributed by atoms with E-state index in [2.05, 4.69) is 15.3 Å². The van der Waals surface area contributed by atoms with Gasteiger partial charge in [-0.1, -0.05) is 34.4 Å². The monoisotopic (exact) mass is 301 g/mol. The third-order valence-corrected chi connectivity index (χ3v) is 3.26. The molecule has 1 atom stereocenters. The molecule has 0 radical (unpaired) electrons. The third-order valence-electron chi connectivity index (χ3n) is 2.72. The fraction of sp³-hybridized carbons (Fsp3) is 0.364. The van der Waals surface area contributed by atoms with Crippen molar-refractivity contribution in [2.75, 3.05) is 13.1 Å². The van der Waals surface area contributed by atoms with E-state index in [1.165, 1.54) is 6.07 Å². The van der Waals surface area contributed by atoms with Crippen LogP contribution in [0, 0.1) is 0 Å². The van der Waals surface area contributed by atoms with Crippen molar-refractivity contribution in [1.29, 1.82) is 0 Å². The molecule has 1 rings (SSSR count). The van der Waals surface area contributed by atoms with Crippen molar-refractivity contribution >= 4 is 29.1 Å². The predicted octanol–water partition coefficient (Wildman–Crippen LogP) is 2.59. The minimum absolute atomic E-state index is 0.199. The topological polar surface area (TPSA) is 104 Å². The lowest BCUT2D eigenvalue weighted by Crippen LogP contribution is -2.51. The molecule has 0 aromatic heterocycles. The summed E-state index contributed by atoms with van der Waals surface area (Å²) in [6.45, 7) is 2.10. The fourth-order valence-electron chi connectivity index (χ4n) is 1.61. The van der Waals surface area contributed by atoms with Crippen LogP contribution in [-0.4, -0.2) is 19.0 Å². The Labute approximate surface area is 120 Å². The second-order valence-corrected chi connectivity index (χ2v) is 4.84. The summed E-state index contributed by atoms with van der Waals surface area (Å²) in [5.41, 5.74) is 13.0. The van der Waals surface area contributed by atoms with Gasteiger partial charge >= 0.3 is 0 Å². The van der Waals surface area contributed by atoms with E-state index in [4.69, 9.17) is 34.5 Å². The van der Waals surface area contributed by atoms with Gasteiger partial charge < -0.3 is 5.73 Å². The normalized spacial score (nSPS) is 13.4. The van der Waals surface area contributed by atoms with Crippen LogP contribution in [0.25, 0.3) is 10.4 Å². The van der Waals surface area contributed by atoms with Gasteiger partial charge in [0.05, 0.1) is 0 Å². The van der Waals surface area contributed by atoms with E-state index in [-0.39, 0.29) is 6.54 Å². The van der Waals surface area contributed by atoms with Crippen LogP contribution < -0.4 is 11.1 Å². The number of benzene rings is 1. The number of amides is 1. The van der Waals surface area contributed by atoms with Crippen LogP contribution in [0.2, 0.25) is 10.0 Å². The Hall–Kier alpha value is -1.46. The van der Waals surface area contributed by atoms with Gasteiger partial charge in [-0.2, -0.15) is 0 Å². The molecule has 0 fully saturated rings. The van der Waals surface area contributed by atoms with E-state index in [9.17, 15) is 4.79 Å². The number of hydrogen-bond acceptors (Lipinski definition) is 3. The highest BCUT2D eigenvalue weighted by atomic mass is 35.5. The van der Waals surface area contributed by atoms with Crippen LogP contribution in [0.15, 0.2) is 23.3 Å². The smallest absolute Gasteiger partial charge is 0.242 e. The van der Waals surface area contributed by atoms with Gasteiger partial charge in [-0.3, -0.25) is 10.1 Å². The lowest BCUT2D eigenvalue weighted by Gasteiger charge is -2.28. The molecule has 19 heavy (non-hydrogen) atoms. The van der Waals surface area contributed by atoms with E-state index < -0.39 is 11.4 Å². The van der Waals surface area contributed by atoms with Crippen molar-refractivity contribution in [2.45, 2.75) is 12.5 Å². The summed E-state index contributed by atoms with van der Waals surface area (Å²) in [6.07, 6.45) is 0. The standard InChI is InChI=1S/C11H13Cl2N5O/c1-11(10(14)19,16-4-5-17-18-15)8-3-2-7(12)6-9(8)13/h2-3,6,16H,4-5H2,1H3,(H2,14,19). The molecule has 0 saturated heterocycles. The van der Waals surface area contributed by atoms with Crippen molar-refractivity contribution in [1.82, 2.24) is 5.32 Å². The van der Waals surface area contributed by atoms with Gasteiger partial charge in [-0.25, -0.2) is 0 Å². The van der Waals surface area contributed by atoms with E-state index in [0.29, 0.717) is 22.2 Å². The highest BCUT2D eigenvalue weighted by Gasteiger charge is 2.34. The van der Waals surface area contributed by atoms with Crippen molar-refractivity contribution in [3.05, 3.63) is 44.3 Å².